The number of carbonyl (C=O) groups excluding carboxylic acids is 2. The summed E-state index contributed by atoms with van der Waals surface area (Å²) in [4.78, 5) is 27.3. The van der Waals surface area contributed by atoms with Gasteiger partial charge in [-0.3, -0.25) is 9.59 Å². The number of benzene rings is 2. The molecule has 3 atom stereocenters. The van der Waals surface area contributed by atoms with Crippen LogP contribution in [0.15, 0.2) is 54.2 Å². The number of ether oxygens (including phenoxy) is 1. The number of amides is 2. The number of para-hydroxylation sites is 1. The van der Waals surface area contributed by atoms with Crippen LogP contribution in [0.5, 0.6) is 5.75 Å². The van der Waals surface area contributed by atoms with Gasteiger partial charge in [-0.2, -0.15) is 0 Å². The van der Waals surface area contributed by atoms with E-state index in [4.69, 9.17) is 4.74 Å². The van der Waals surface area contributed by atoms with E-state index in [1.165, 1.54) is 36.0 Å². The Morgan fingerprint density at radius 2 is 1.57 bits per heavy atom. The van der Waals surface area contributed by atoms with Gasteiger partial charge in [0.05, 0.1) is 13.2 Å². The van der Waals surface area contributed by atoms with Crippen LogP contribution >= 0.6 is 0 Å². The molecule has 0 aliphatic rings. The summed E-state index contributed by atoms with van der Waals surface area (Å²) in [6, 6.07) is 14.2. The zero-order valence-corrected chi connectivity index (χ0v) is 33.3. The highest BCUT2D eigenvalue weighted by molar-refractivity contribution is 5.88. The average molecular weight is 681 g/mol. The number of nitrogens with zero attached hydrogens (tertiary/aromatic N) is 1. The number of hydrogen-bond acceptors (Lipinski definition) is 5. The molecule has 2 aromatic carbocycles. The summed E-state index contributed by atoms with van der Waals surface area (Å²) in [5, 5.41) is 9.08. The van der Waals surface area contributed by atoms with Crippen molar-refractivity contribution in [3.63, 3.8) is 0 Å². The Morgan fingerprint density at radius 1 is 0.898 bits per heavy atom. The van der Waals surface area contributed by atoms with Crippen LogP contribution in [0.25, 0.3) is 0 Å². The fourth-order valence-corrected chi connectivity index (χ4v) is 4.99. The van der Waals surface area contributed by atoms with Crippen LogP contribution < -0.4 is 20.7 Å². The van der Waals surface area contributed by atoms with Gasteiger partial charge in [0.25, 0.3) is 0 Å². The number of nitrogens with one attached hydrogen (secondary N) is 3. The zero-order chi connectivity index (χ0) is 37.2. The van der Waals surface area contributed by atoms with E-state index < -0.39 is 6.04 Å². The summed E-state index contributed by atoms with van der Waals surface area (Å²) in [6.45, 7) is 23.2. The Labute approximate surface area is 301 Å². The Bertz CT molecular complexity index is 1210. The first-order chi connectivity index (χ1) is 23.3. The lowest BCUT2D eigenvalue weighted by molar-refractivity contribution is -0.129. The summed E-state index contributed by atoms with van der Waals surface area (Å²) >= 11 is 0. The topological polar surface area (TPSA) is 82.7 Å². The first kappa shape index (κ1) is 45.7. The molecule has 7 nitrogen and oxygen atoms in total. The van der Waals surface area contributed by atoms with Crippen LogP contribution in [0.3, 0.4) is 0 Å². The number of aryl methyl sites for hydroxylation is 3. The number of rotatable bonds is 19. The lowest BCUT2D eigenvalue weighted by Crippen LogP contribution is -2.53. The molecule has 0 aliphatic heterocycles. The van der Waals surface area contributed by atoms with Crippen molar-refractivity contribution in [2.24, 2.45) is 11.8 Å². The quantitative estimate of drug-likeness (QED) is 0.139. The molecule has 0 spiro atoms. The van der Waals surface area contributed by atoms with Crippen LogP contribution in [0.1, 0.15) is 110 Å². The van der Waals surface area contributed by atoms with Crippen molar-refractivity contribution in [1.82, 2.24) is 20.9 Å². The minimum absolute atomic E-state index is 0.153. The summed E-state index contributed by atoms with van der Waals surface area (Å²) in [6.07, 6.45) is 9.42. The van der Waals surface area contributed by atoms with Crippen molar-refractivity contribution in [1.29, 1.82) is 0 Å². The normalized spacial score (nSPS) is 12.8. The van der Waals surface area contributed by atoms with Crippen molar-refractivity contribution in [3.05, 3.63) is 76.5 Å². The number of hydrogen-bond donors (Lipinski definition) is 3. The molecule has 49 heavy (non-hydrogen) atoms. The predicted octanol–water partition coefficient (Wildman–Crippen LogP) is 8.42. The minimum Gasteiger partial charge on any atom is -0.493 e. The molecular formula is C42H72N4O3. The Hall–Kier alpha value is -3.32. The van der Waals surface area contributed by atoms with Crippen LogP contribution in [0.2, 0.25) is 0 Å². The van der Waals surface area contributed by atoms with Gasteiger partial charge in [0.15, 0.2) is 0 Å². The summed E-state index contributed by atoms with van der Waals surface area (Å²) < 4.78 is 6.05. The lowest BCUT2D eigenvalue weighted by atomic mass is 10.00. The van der Waals surface area contributed by atoms with Crippen molar-refractivity contribution < 1.29 is 14.3 Å². The third-order valence-electron chi connectivity index (χ3n) is 7.91. The summed E-state index contributed by atoms with van der Waals surface area (Å²) in [5.74, 6) is 1.29. The van der Waals surface area contributed by atoms with E-state index in [0.717, 1.165) is 42.7 Å². The van der Waals surface area contributed by atoms with E-state index in [1.807, 2.05) is 44.1 Å². The van der Waals surface area contributed by atoms with E-state index >= 15 is 0 Å². The molecule has 0 saturated heterocycles. The van der Waals surface area contributed by atoms with Gasteiger partial charge in [-0.25, -0.2) is 0 Å². The second-order valence-corrected chi connectivity index (χ2v) is 13.6. The van der Waals surface area contributed by atoms with Gasteiger partial charge < -0.3 is 25.6 Å². The SMILES string of the molecule is CC/C=C(/CC)NCC(=O)NC(CN(C)C)C(=O)NCC(C)Cc1ccccc1OC[C@H](C)CC.CCC.CCCc1ccc(C)cc1C. The fraction of sp³-hybridized carbons (Fsp3) is 0.619. The highest BCUT2D eigenvalue weighted by Crippen LogP contribution is 2.22. The Balaban J connectivity index is 0.00000136. The molecule has 0 aromatic heterocycles. The maximum Gasteiger partial charge on any atom is 0.243 e. The van der Waals surface area contributed by atoms with Gasteiger partial charge in [-0.05, 0) is 88.2 Å². The van der Waals surface area contributed by atoms with Crippen molar-refractivity contribution >= 4 is 11.8 Å². The summed E-state index contributed by atoms with van der Waals surface area (Å²) in [7, 11) is 3.78. The molecule has 2 amide bonds. The number of allylic oxidation sites excluding steroid dienone is 2. The standard InChI is InChI=1S/C28H48N4O3.C11H16.C3H8/c1-8-13-24(10-3)29-18-27(33)31-25(19-32(6)7)28(34)30-17-22(5)16-23-14-11-12-15-26(23)35-20-21(4)9-2;1-4-5-11-7-6-9(2)8-10(11)3;1-3-2/h11-15,21-22,25,29H,8-10,16-20H2,1-7H3,(H,30,34)(H,31,33);6-8H,4-5H2,1-3H3;3H2,1-2H3/b24-13-;;/t21-,22?,25?;;/m1../s1. The van der Waals surface area contributed by atoms with Gasteiger partial charge in [0.1, 0.15) is 11.8 Å². The molecule has 278 valence electrons. The number of carbonyl (C=O) groups is 2. The van der Waals surface area contributed by atoms with Crippen LogP contribution in [-0.4, -0.2) is 63.1 Å². The van der Waals surface area contributed by atoms with Crippen molar-refractivity contribution in [2.75, 3.05) is 40.3 Å². The van der Waals surface area contributed by atoms with E-state index in [0.29, 0.717) is 25.6 Å². The molecule has 0 saturated carbocycles. The van der Waals surface area contributed by atoms with Gasteiger partial charge >= 0.3 is 0 Å². The molecule has 2 unspecified atom stereocenters. The van der Waals surface area contributed by atoms with Gasteiger partial charge in [0, 0.05) is 18.8 Å². The van der Waals surface area contributed by atoms with Gasteiger partial charge in [0.2, 0.25) is 11.8 Å². The molecule has 3 N–H and O–H groups in total. The van der Waals surface area contributed by atoms with Crippen LogP contribution in [0, 0.1) is 25.7 Å². The van der Waals surface area contributed by atoms with E-state index in [1.54, 1.807) is 0 Å². The third kappa shape index (κ3) is 21.4. The molecule has 0 heterocycles. The second-order valence-electron chi connectivity index (χ2n) is 13.6. The van der Waals surface area contributed by atoms with Crippen molar-refractivity contribution in [2.45, 2.75) is 120 Å². The smallest absolute Gasteiger partial charge is 0.243 e. The first-order valence-corrected chi connectivity index (χ1v) is 18.8. The molecule has 0 aliphatic carbocycles. The molecule has 2 aromatic rings. The predicted molar refractivity (Wildman–Crippen MR) is 210 cm³/mol. The Kier molecular flexibility index (Phi) is 25.6. The van der Waals surface area contributed by atoms with E-state index in [9.17, 15) is 9.59 Å². The largest absolute Gasteiger partial charge is 0.493 e. The van der Waals surface area contributed by atoms with Crippen LogP contribution in [-0.2, 0) is 22.4 Å². The fourth-order valence-electron chi connectivity index (χ4n) is 4.99. The molecule has 2 rings (SSSR count). The van der Waals surface area contributed by atoms with E-state index in [-0.39, 0.29) is 24.3 Å². The van der Waals surface area contributed by atoms with Gasteiger partial charge in [-0.1, -0.05) is 123 Å². The second kappa shape index (κ2) is 27.5. The molecular weight excluding hydrogens is 608 g/mol. The third-order valence-corrected chi connectivity index (χ3v) is 7.91. The van der Waals surface area contributed by atoms with Crippen molar-refractivity contribution in [3.8, 4) is 5.75 Å². The van der Waals surface area contributed by atoms with E-state index in [2.05, 4.69) is 109 Å². The maximum absolute atomic E-state index is 12.9. The summed E-state index contributed by atoms with van der Waals surface area (Å²) in [5.41, 5.74) is 6.49. The van der Waals surface area contributed by atoms with Gasteiger partial charge in [-0.15, -0.1) is 0 Å². The lowest BCUT2D eigenvalue weighted by Gasteiger charge is -2.23. The molecule has 0 fully saturated rings. The maximum atomic E-state index is 12.9. The average Bonchev–Trinajstić information content (AvgIpc) is 3.06. The zero-order valence-electron chi connectivity index (χ0n) is 33.3. The first-order valence-electron chi connectivity index (χ1n) is 18.8. The minimum atomic E-state index is -0.613. The monoisotopic (exact) mass is 681 g/mol. The molecule has 0 radical (unpaired) electrons. The Morgan fingerprint density at radius 3 is 2.14 bits per heavy atom. The molecule has 0 bridgehead atoms. The highest BCUT2D eigenvalue weighted by atomic mass is 16.5. The molecule has 7 heteroatoms. The highest BCUT2D eigenvalue weighted by Gasteiger charge is 2.22. The number of likely N-dealkylation sites (N-methyl/N-ethyl adjacent to an activating group) is 1. The van der Waals surface area contributed by atoms with Crippen LogP contribution in [0.4, 0.5) is 0 Å².